The lowest BCUT2D eigenvalue weighted by atomic mass is 9.90. The van der Waals surface area contributed by atoms with E-state index >= 15 is 0 Å². The van der Waals surface area contributed by atoms with E-state index < -0.39 is 5.54 Å². The van der Waals surface area contributed by atoms with Crippen LogP contribution in [0.25, 0.3) is 0 Å². The SMILES string of the molecule is CCC1(CC)NC(=O)CCCCCCCN(C(C)=O)C[C@H](CCCN=C(N)N)NC1=O. The molecule has 1 rings (SSSR count). The Morgan fingerprint density at radius 3 is 2.39 bits per heavy atom. The molecule has 6 N–H and O–H groups in total. The molecule has 0 radical (unpaired) electrons. The fourth-order valence-electron chi connectivity index (χ4n) is 3.97. The molecule has 1 saturated heterocycles. The van der Waals surface area contributed by atoms with Crippen molar-refractivity contribution in [3.63, 3.8) is 0 Å². The molecule has 178 valence electrons. The predicted octanol–water partition coefficient (Wildman–Crippen LogP) is 1.40. The minimum absolute atomic E-state index is 0.00154. The lowest BCUT2D eigenvalue weighted by Gasteiger charge is -2.35. The van der Waals surface area contributed by atoms with E-state index in [1.165, 1.54) is 0 Å². The van der Waals surface area contributed by atoms with Crippen molar-refractivity contribution in [2.75, 3.05) is 19.6 Å². The summed E-state index contributed by atoms with van der Waals surface area (Å²) in [6, 6.07) is -0.245. The molecule has 0 aromatic rings. The number of hydrogen-bond acceptors (Lipinski definition) is 4. The maximum absolute atomic E-state index is 13.3. The average molecular weight is 439 g/mol. The molecular formula is C22H42N6O3. The summed E-state index contributed by atoms with van der Waals surface area (Å²) in [6.45, 7) is 6.94. The number of rotatable bonds is 6. The second-order valence-electron chi connectivity index (χ2n) is 8.44. The molecule has 0 spiro atoms. The number of nitrogens with two attached hydrogens (primary N) is 2. The summed E-state index contributed by atoms with van der Waals surface area (Å²) in [4.78, 5) is 43.9. The lowest BCUT2D eigenvalue weighted by Crippen LogP contribution is -2.61. The van der Waals surface area contributed by atoms with Gasteiger partial charge in [-0.05, 0) is 38.5 Å². The second kappa shape index (κ2) is 13.9. The Labute approximate surface area is 186 Å². The van der Waals surface area contributed by atoms with E-state index in [4.69, 9.17) is 11.5 Å². The fourth-order valence-corrected chi connectivity index (χ4v) is 3.97. The molecular weight excluding hydrogens is 396 g/mol. The number of carbonyl (C=O) groups excluding carboxylic acids is 3. The zero-order chi connectivity index (χ0) is 23.3. The first-order valence-corrected chi connectivity index (χ1v) is 11.7. The summed E-state index contributed by atoms with van der Waals surface area (Å²) in [5.74, 6) is -0.243. The van der Waals surface area contributed by atoms with Crippen LogP contribution in [0.3, 0.4) is 0 Å². The molecule has 9 heteroatoms. The van der Waals surface area contributed by atoms with E-state index in [1.807, 2.05) is 18.7 Å². The smallest absolute Gasteiger partial charge is 0.246 e. The summed E-state index contributed by atoms with van der Waals surface area (Å²) in [5.41, 5.74) is 9.85. The van der Waals surface area contributed by atoms with Crippen molar-refractivity contribution in [1.29, 1.82) is 0 Å². The van der Waals surface area contributed by atoms with Gasteiger partial charge >= 0.3 is 0 Å². The van der Waals surface area contributed by atoms with Crippen LogP contribution in [-0.4, -0.2) is 59.8 Å². The van der Waals surface area contributed by atoms with Gasteiger partial charge in [0.05, 0.1) is 0 Å². The van der Waals surface area contributed by atoms with Crippen LogP contribution >= 0.6 is 0 Å². The summed E-state index contributed by atoms with van der Waals surface area (Å²) >= 11 is 0. The zero-order valence-corrected chi connectivity index (χ0v) is 19.5. The van der Waals surface area contributed by atoms with Crippen molar-refractivity contribution in [2.45, 2.75) is 96.6 Å². The standard InChI is InChI=1S/C22H42N6O3/c1-4-22(5-2)20(31)26-18(12-11-14-25-21(23)24)16-28(17(3)29)15-10-8-6-7-9-13-19(30)27-22/h18H,4-16H2,1-3H3,(H,26,31)(H,27,30)(H4,23,24,25)/t18-/m0/s1. The Morgan fingerprint density at radius 1 is 1.13 bits per heavy atom. The van der Waals surface area contributed by atoms with Crippen molar-refractivity contribution in [2.24, 2.45) is 16.5 Å². The van der Waals surface area contributed by atoms with Crippen molar-refractivity contribution in [3.8, 4) is 0 Å². The van der Waals surface area contributed by atoms with Crippen LogP contribution in [0.4, 0.5) is 0 Å². The number of amides is 3. The molecule has 0 saturated carbocycles. The van der Waals surface area contributed by atoms with Crippen LogP contribution in [-0.2, 0) is 14.4 Å². The first-order valence-electron chi connectivity index (χ1n) is 11.7. The normalized spacial score (nSPS) is 21.3. The molecule has 0 aromatic heterocycles. The fraction of sp³-hybridized carbons (Fsp3) is 0.818. The van der Waals surface area contributed by atoms with Crippen LogP contribution in [0.2, 0.25) is 0 Å². The Kier molecular flexibility index (Phi) is 12.0. The predicted molar refractivity (Wildman–Crippen MR) is 123 cm³/mol. The van der Waals surface area contributed by atoms with Crippen LogP contribution in [0.5, 0.6) is 0 Å². The Balaban J connectivity index is 3.07. The highest BCUT2D eigenvalue weighted by Crippen LogP contribution is 2.18. The molecule has 0 unspecified atom stereocenters. The molecule has 1 aliphatic rings. The van der Waals surface area contributed by atoms with Gasteiger partial charge in [0.15, 0.2) is 5.96 Å². The van der Waals surface area contributed by atoms with Gasteiger partial charge in [-0.25, -0.2) is 0 Å². The van der Waals surface area contributed by atoms with Gasteiger partial charge in [-0.15, -0.1) is 0 Å². The van der Waals surface area contributed by atoms with Gasteiger partial charge < -0.3 is 27.0 Å². The van der Waals surface area contributed by atoms with E-state index in [0.29, 0.717) is 51.7 Å². The molecule has 1 aliphatic heterocycles. The van der Waals surface area contributed by atoms with E-state index in [0.717, 1.165) is 32.1 Å². The van der Waals surface area contributed by atoms with Crippen molar-refractivity contribution in [3.05, 3.63) is 0 Å². The Hall–Kier alpha value is -2.32. The number of carbonyl (C=O) groups is 3. The molecule has 1 atom stereocenters. The molecule has 0 bridgehead atoms. The van der Waals surface area contributed by atoms with Gasteiger partial charge in [0.25, 0.3) is 0 Å². The van der Waals surface area contributed by atoms with E-state index in [-0.39, 0.29) is 29.7 Å². The highest BCUT2D eigenvalue weighted by molar-refractivity contribution is 5.91. The molecule has 1 fully saturated rings. The maximum Gasteiger partial charge on any atom is 0.246 e. The van der Waals surface area contributed by atoms with Gasteiger partial charge in [-0.3, -0.25) is 19.4 Å². The van der Waals surface area contributed by atoms with Crippen LogP contribution in [0.1, 0.15) is 85.0 Å². The quantitative estimate of drug-likeness (QED) is 0.282. The lowest BCUT2D eigenvalue weighted by molar-refractivity contribution is -0.135. The third-order valence-corrected chi connectivity index (χ3v) is 6.08. The average Bonchev–Trinajstić information content (AvgIpc) is 2.72. The largest absolute Gasteiger partial charge is 0.370 e. The number of guanidine groups is 1. The minimum Gasteiger partial charge on any atom is -0.370 e. The van der Waals surface area contributed by atoms with E-state index in [2.05, 4.69) is 15.6 Å². The Bertz CT molecular complexity index is 614. The highest BCUT2D eigenvalue weighted by atomic mass is 16.2. The number of nitrogens with zero attached hydrogens (tertiary/aromatic N) is 2. The first-order chi connectivity index (χ1) is 14.7. The maximum atomic E-state index is 13.3. The van der Waals surface area contributed by atoms with Crippen molar-refractivity contribution < 1.29 is 14.4 Å². The Morgan fingerprint density at radius 2 is 1.77 bits per heavy atom. The molecule has 3 amide bonds. The van der Waals surface area contributed by atoms with Crippen LogP contribution in [0.15, 0.2) is 4.99 Å². The third kappa shape index (κ3) is 9.57. The number of hydrogen-bond donors (Lipinski definition) is 4. The van der Waals surface area contributed by atoms with Gasteiger partial charge in [0, 0.05) is 39.0 Å². The van der Waals surface area contributed by atoms with Crippen LogP contribution in [0, 0.1) is 0 Å². The zero-order valence-electron chi connectivity index (χ0n) is 19.5. The van der Waals surface area contributed by atoms with Gasteiger partial charge in [0.1, 0.15) is 5.54 Å². The summed E-state index contributed by atoms with van der Waals surface area (Å²) in [6.07, 6.45) is 7.46. The first kappa shape index (κ1) is 26.7. The van der Waals surface area contributed by atoms with Gasteiger partial charge in [-0.1, -0.05) is 33.1 Å². The topological polar surface area (TPSA) is 143 Å². The highest BCUT2D eigenvalue weighted by Gasteiger charge is 2.37. The summed E-state index contributed by atoms with van der Waals surface area (Å²) in [5, 5.41) is 6.11. The van der Waals surface area contributed by atoms with Crippen molar-refractivity contribution in [1.82, 2.24) is 15.5 Å². The monoisotopic (exact) mass is 438 g/mol. The van der Waals surface area contributed by atoms with Gasteiger partial charge in [-0.2, -0.15) is 0 Å². The molecule has 0 aliphatic carbocycles. The van der Waals surface area contributed by atoms with Crippen molar-refractivity contribution >= 4 is 23.7 Å². The molecule has 9 nitrogen and oxygen atoms in total. The van der Waals surface area contributed by atoms with Gasteiger partial charge in [0.2, 0.25) is 17.7 Å². The molecule has 1 heterocycles. The second-order valence-corrected chi connectivity index (χ2v) is 8.44. The molecule has 0 aromatic carbocycles. The van der Waals surface area contributed by atoms with E-state index in [1.54, 1.807) is 6.92 Å². The van der Waals surface area contributed by atoms with E-state index in [9.17, 15) is 14.4 Å². The summed E-state index contributed by atoms with van der Waals surface area (Å²) < 4.78 is 0. The number of nitrogens with one attached hydrogen (secondary N) is 2. The third-order valence-electron chi connectivity index (χ3n) is 6.08. The number of aliphatic imine (C=N–C) groups is 1. The molecule has 31 heavy (non-hydrogen) atoms. The summed E-state index contributed by atoms with van der Waals surface area (Å²) in [7, 11) is 0. The minimum atomic E-state index is -0.948. The van der Waals surface area contributed by atoms with Crippen LogP contribution < -0.4 is 22.1 Å².